The van der Waals surface area contributed by atoms with E-state index < -0.39 is 6.29 Å². The number of esters is 1. The lowest BCUT2D eigenvalue weighted by Crippen LogP contribution is -2.16. The standard InChI is InChI=1S/C14H20O5/c1-4-19-13(16)8-10-5-6-11(12(15)7-10)9-14(17-2)18-3/h5-7,14-15H,4,8-9H2,1-3H3. The van der Waals surface area contributed by atoms with Crippen molar-refractivity contribution in [3.8, 4) is 5.75 Å². The number of aromatic hydroxyl groups is 1. The van der Waals surface area contributed by atoms with E-state index in [1.54, 1.807) is 39.3 Å². The van der Waals surface area contributed by atoms with Gasteiger partial charge in [0.2, 0.25) is 0 Å². The normalized spacial score (nSPS) is 10.7. The summed E-state index contributed by atoms with van der Waals surface area (Å²) in [5, 5.41) is 9.91. The van der Waals surface area contributed by atoms with Crippen molar-refractivity contribution in [3.63, 3.8) is 0 Å². The Morgan fingerprint density at radius 3 is 2.53 bits per heavy atom. The molecular weight excluding hydrogens is 248 g/mol. The number of phenols is 1. The van der Waals surface area contributed by atoms with Crippen LogP contribution in [-0.2, 0) is 31.8 Å². The molecule has 1 aromatic rings. The molecule has 0 unspecified atom stereocenters. The van der Waals surface area contributed by atoms with Gasteiger partial charge >= 0.3 is 5.97 Å². The summed E-state index contributed by atoms with van der Waals surface area (Å²) in [6.07, 6.45) is 0.194. The van der Waals surface area contributed by atoms with Crippen molar-refractivity contribution in [2.45, 2.75) is 26.1 Å². The molecule has 0 aliphatic carbocycles. The molecule has 0 radical (unpaired) electrons. The molecule has 0 amide bonds. The largest absolute Gasteiger partial charge is 0.508 e. The molecule has 1 rings (SSSR count). The third-order valence-corrected chi connectivity index (χ3v) is 2.72. The first-order valence-corrected chi connectivity index (χ1v) is 6.12. The van der Waals surface area contributed by atoms with E-state index in [0.717, 1.165) is 0 Å². The van der Waals surface area contributed by atoms with Crippen molar-refractivity contribution in [2.75, 3.05) is 20.8 Å². The number of hydrogen-bond acceptors (Lipinski definition) is 5. The molecule has 0 heterocycles. The van der Waals surface area contributed by atoms with Gasteiger partial charge in [-0.1, -0.05) is 12.1 Å². The molecule has 1 aromatic carbocycles. The van der Waals surface area contributed by atoms with Crippen LogP contribution in [0.2, 0.25) is 0 Å². The molecule has 5 nitrogen and oxygen atoms in total. The van der Waals surface area contributed by atoms with E-state index in [1.807, 2.05) is 0 Å². The summed E-state index contributed by atoms with van der Waals surface area (Å²) in [6.45, 7) is 2.11. The Hall–Kier alpha value is -1.59. The topological polar surface area (TPSA) is 65.0 Å². The second kappa shape index (κ2) is 7.76. The van der Waals surface area contributed by atoms with Crippen molar-refractivity contribution in [1.29, 1.82) is 0 Å². The fourth-order valence-corrected chi connectivity index (χ4v) is 1.71. The molecule has 0 aliphatic rings. The van der Waals surface area contributed by atoms with E-state index in [0.29, 0.717) is 24.2 Å². The number of ether oxygens (including phenoxy) is 3. The van der Waals surface area contributed by atoms with E-state index in [1.165, 1.54) is 0 Å². The molecule has 0 bridgehead atoms. The predicted molar refractivity (Wildman–Crippen MR) is 70.0 cm³/mol. The molecule has 0 aromatic heterocycles. The lowest BCUT2D eigenvalue weighted by molar-refractivity contribution is -0.142. The Bertz CT molecular complexity index is 412. The average Bonchev–Trinajstić information content (AvgIpc) is 2.38. The van der Waals surface area contributed by atoms with Crippen LogP contribution in [0.5, 0.6) is 5.75 Å². The molecule has 0 fully saturated rings. The maximum atomic E-state index is 11.3. The number of phenolic OH excluding ortho intramolecular Hbond substituents is 1. The van der Waals surface area contributed by atoms with Crippen LogP contribution in [0.25, 0.3) is 0 Å². The molecule has 0 aliphatic heterocycles. The lowest BCUT2D eigenvalue weighted by Gasteiger charge is -2.14. The lowest BCUT2D eigenvalue weighted by atomic mass is 10.1. The van der Waals surface area contributed by atoms with Crippen LogP contribution in [0.3, 0.4) is 0 Å². The fourth-order valence-electron chi connectivity index (χ4n) is 1.71. The minimum atomic E-state index is -0.401. The molecule has 0 atom stereocenters. The molecule has 1 N–H and O–H groups in total. The minimum absolute atomic E-state index is 0.126. The summed E-state index contributed by atoms with van der Waals surface area (Å²) in [7, 11) is 3.08. The van der Waals surface area contributed by atoms with Crippen LogP contribution in [0.1, 0.15) is 18.1 Å². The zero-order valence-electron chi connectivity index (χ0n) is 11.5. The highest BCUT2D eigenvalue weighted by atomic mass is 16.7. The first-order chi connectivity index (χ1) is 9.10. The van der Waals surface area contributed by atoms with Crippen molar-refractivity contribution in [3.05, 3.63) is 29.3 Å². The molecule has 5 heteroatoms. The third-order valence-electron chi connectivity index (χ3n) is 2.72. The van der Waals surface area contributed by atoms with Gasteiger partial charge in [-0.05, 0) is 24.1 Å². The maximum absolute atomic E-state index is 11.3. The number of rotatable bonds is 7. The molecule has 19 heavy (non-hydrogen) atoms. The van der Waals surface area contributed by atoms with Gasteiger partial charge in [-0.3, -0.25) is 4.79 Å². The van der Waals surface area contributed by atoms with Crippen molar-refractivity contribution in [1.82, 2.24) is 0 Å². The van der Waals surface area contributed by atoms with Crippen molar-refractivity contribution in [2.24, 2.45) is 0 Å². The highest BCUT2D eigenvalue weighted by molar-refractivity contribution is 5.72. The Balaban J connectivity index is 2.71. The van der Waals surface area contributed by atoms with Crippen molar-refractivity contribution < 1.29 is 24.1 Å². The van der Waals surface area contributed by atoms with Crippen LogP contribution in [0.15, 0.2) is 18.2 Å². The second-order valence-corrected chi connectivity index (χ2v) is 4.05. The number of carbonyl (C=O) groups excluding carboxylic acids is 1. The Labute approximate surface area is 113 Å². The highest BCUT2D eigenvalue weighted by Gasteiger charge is 2.12. The first kappa shape index (κ1) is 15.5. The van der Waals surface area contributed by atoms with Crippen LogP contribution in [0, 0.1) is 0 Å². The summed E-state index contributed by atoms with van der Waals surface area (Å²) in [5.41, 5.74) is 1.42. The summed E-state index contributed by atoms with van der Waals surface area (Å²) in [4.78, 5) is 11.3. The summed E-state index contributed by atoms with van der Waals surface area (Å²) >= 11 is 0. The van der Waals surface area contributed by atoms with Crippen LogP contribution in [0.4, 0.5) is 0 Å². The molecule has 0 saturated heterocycles. The highest BCUT2D eigenvalue weighted by Crippen LogP contribution is 2.21. The fraction of sp³-hybridized carbons (Fsp3) is 0.500. The van der Waals surface area contributed by atoms with Crippen LogP contribution >= 0.6 is 0 Å². The van der Waals surface area contributed by atoms with E-state index in [-0.39, 0.29) is 18.1 Å². The average molecular weight is 268 g/mol. The predicted octanol–water partition coefficient (Wildman–Crippen LogP) is 1.66. The van der Waals surface area contributed by atoms with E-state index >= 15 is 0 Å². The van der Waals surface area contributed by atoms with E-state index in [4.69, 9.17) is 14.2 Å². The maximum Gasteiger partial charge on any atom is 0.310 e. The Kier molecular flexibility index (Phi) is 6.32. The van der Waals surface area contributed by atoms with Crippen molar-refractivity contribution >= 4 is 5.97 Å². The van der Waals surface area contributed by atoms with Crippen LogP contribution < -0.4 is 0 Å². The summed E-state index contributed by atoms with van der Waals surface area (Å²) in [5.74, 6) is -0.179. The Morgan fingerprint density at radius 1 is 1.32 bits per heavy atom. The smallest absolute Gasteiger partial charge is 0.310 e. The van der Waals surface area contributed by atoms with Crippen LogP contribution in [-0.4, -0.2) is 38.2 Å². The van der Waals surface area contributed by atoms with Gasteiger partial charge < -0.3 is 19.3 Å². The first-order valence-electron chi connectivity index (χ1n) is 6.12. The number of methoxy groups -OCH3 is 2. The Morgan fingerprint density at radius 2 is 2.00 bits per heavy atom. The molecular formula is C14H20O5. The number of hydrogen-bond donors (Lipinski definition) is 1. The van der Waals surface area contributed by atoms with Gasteiger partial charge in [-0.2, -0.15) is 0 Å². The summed E-state index contributed by atoms with van der Waals surface area (Å²) in [6, 6.07) is 5.11. The van der Waals surface area contributed by atoms with Gasteiger partial charge in [-0.15, -0.1) is 0 Å². The molecule has 106 valence electrons. The summed E-state index contributed by atoms with van der Waals surface area (Å²) < 4.78 is 15.0. The number of carbonyl (C=O) groups is 1. The quantitative estimate of drug-likeness (QED) is 0.602. The van der Waals surface area contributed by atoms with E-state index in [2.05, 4.69) is 0 Å². The molecule has 0 spiro atoms. The van der Waals surface area contributed by atoms with Gasteiger partial charge in [0.25, 0.3) is 0 Å². The molecule has 0 saturated carbocycles. The minimum Gasteiger partial charge on any atom is -0.508 e. The zero-order valence-corrected chi connectivity index (χ0v) is 11.5. The number of benzene rings is 1. The zero-order chi connectivity index (χ0) is 14.3. The SMILES string of the molecule is CCOC(=O)Cc1ccc(CC(OC)OC)c(O)c1. The van der Waals surface area contributed by atoms with Gasteiger partial charge in [0.15, 0.2) is 6.29 Å². The van der Waals surface area contributed by atoms with E-state index in [9.17, 15) is 9.90 Å². The van der Waals surface area contributed by atoms with Gasteiger partial charge in [0.1, 0.15) is 5.75 Å². The van der Waals surface area contributed by atoms with Gasteiger partial charge in [0, 0.05) is 20.6 Å². The second-order valence-electron chi connectivity index (χ2n) is 4.05. The van der Waals surface area contributed by atoms with Gasteiger partial charge in [0.05, 0.1) is 13.0 Å². The third kappa shape index (κ3) is 4.89. The monoisotopic (exact) mass is 268 g/mol. The van der Waals surface area contributed by atoms with Gasteiger partial charge in [-0.25, -0.2) is 0 Å².